The number of nitrogens with zero attached hydrogens (tertiary/aromatic N) is 4. The molecule has 0 unspecified atom stereocenters. The summed E-state index contributed by atoms with van der Waals surface area (Å²) in [5, 5.41) is 29.9. The van der Waals surface area contributed by atoms with Crippen molar-refractivity contribution in [2.24, 2.45) is 0 Å². The summed E-state index contributed by atoms with van der Waals surface area (Å²) in [5.74, 6) is -2.45. The Morgan fingerprint density at radius 1 is 0.909 bits per heavy atom. The predicted molar refractivity (Wildman–Crippen MR) is 168 cm³/mol. The van der Waals surface area contributed by atoms with Gasteiger partial charge in [-0.2, -0.15) is 5.21 Å². The number of rotatable bonds is 15. The first-order valence-corrected chi connectivity index (χ1v) is 15.1. The number of carboxylic acids is 2. The number of unbranched alkanes of at least 4 members (excludes halogenated alkanes) is 3. The molecule has 0 aliphatic heterocycles. The molecule has 2 aromatic heterocycles. The van der Waals surface area contributed by atoms with Gasteiger partial charge in [-0.3, -0.25) is 9.69 Å². The molecule has 4 aromatic rings. The number of hydrogen-bond acceptors (Lipinski definition) is 8. The highest BCUT2D eigenvalue weighted by Gasteiger charge is 2.22. The lowest BCUT2D eigenvalue weighted by molar-refractivity contribution is -0.159. The first-order chi connectivity index (χ1) is 21.3. The van der Waals surface area contributed by atoms with Crippen LogP contribution in [0.15, 0.2) is 53.0 Å². The Kier molecular flexibility index (Phi) is 13.4. The van der Waals surface area contributed by atoms with Gasteiger partial charge in [-0.1, -0.05) is 76.5 Å². The summed E-state index contributed by atoms with van der Waals surface area (Å²) in [6, 6.07) is 13.6. The first-order valence-electron chi connectivity index (χ1n) is 15.1. The van der Waals surface area contributed by atoms with Gasteiger partial charge in [0, 0.05) is 29.5 Å². The molecule has 0 fully saturated rings. The lowest BCUT2D eigenvalue weighted by Gasteiger charge is -2.19. The number of ketones is 1. The Balaban J connectivity index is 0.000000801. The van der Waals surface area contributed by atoms with Gasteiger partial charge in [-0.25, -0.2) is 9.59 Å². The van der Waals surface area contributed by atoms with Gasteiger partial charge >= 0.3 is 11.9 Å². The molecule has 0 amide bonds. The quantitative estimate of drug-likeness (QED) is 0.104. The molecule has 0 aliphatic rings. The number of aromatic amines is 1. The summed E-state index contributed by atoms with van der Waals surface area (Å²) >= 11 is 0. The highest BCUT2D eigenvalue weighted by Crippen LogP contribution is 2.32. The Morgan fingerprint density at radius 3 is 2.14 bits per heavy atom. The molecular weight excluding hydrogens is 562 g/mol. The molecule has 4 rings (SSSR count). The Morgan fingerprint density at radius 2 is 1.57 bits per heavy atom. The number of aromatic nitrogens is 4. The molecule has 11 nitrogen and oxygen atoms in total. The van der Waals surface area contributed by atoms with Gasteiger partial charge in [0.05, 0.1) is 5.56 Å². The second-order valence-electron chi connectivity index (χ2n) is 10.4. The van der Waals surface area contributed by atoms with Crippen molar-refractivity contribution >= 4 is 34.8 Å². The summed E-state index contributed by atoms with van der Waals surface area (Å²) in [4.78, 5) is 34.5. The third-order valence-corrected chi connectivity index (χ3v) is 7.03. The second-order valence-corrected chi connectivity index (χ2v) is 10.4. The molecule has 0 saturated heterocycles. The van der Waals surface area contributed by atoms with Crippen LogP contribution in [0.3, 0.4) is 0 Å². The maximum Gasteiger partial charge on any atom is 0.414 e. The van der Waals surface area contributed by atoms with Gasteiger partial charge in [0.15, 0.2) is 5.78 Å². The summed E-state index contributed by atoms with van der Waals surface area (Å²) < 4.78 is 6.17. The van der Waals surface area contributed by atoms with E-state index in [2.05, 4.69) is 58.4 Å². The number of hydrogen-bond donors (Lipinski definition) is 3. The van der Waals surface area contributed by atoms with Crippen LogP contribution in [-0.4, -0.2) is 73.1 Å². The number of fused-ring (bicyclic) bond motifs is 1. The van der Waals surface area contributed by atoms with E-state index in [0.717, 1.165) is 61.2 Å². The zero-order chi connectivity index (χ0) is 31.9. The van der Waals surface area contributed by atoms with Crippen molar-refractivity contribution in [1.29, 1.82) is 0 Å². The van der Waals surface area contributed by atoms with Crippen LogP contribution >= 0.6 is 0 Å². The largest absolute Gasteiger partial charge is 0.473 e. The SMILES string of the molecule is CCCCc1oc2ccc(-c3nn[nH]n3)cc2c1C(=O)c1ccc(/C=C\CN(CCCC)CCCC)cc1.O=C(O)C(=O)O. The van der Waals surface area contributed by atoms with Crippen LogP contribution in [-0.2, 0) is 16.0 Å². The fraction of sp³-hybridized carbons (Fsp3) is 0.394. The van der Waals surface area contributed by atoms with E-state index in [0.29, 0.717) is 22.5 Å². The van der Waals surface area contributed by atoms with Crippen molar-refractivity contribution in [3.05, 3.63) is 71.0 Å². The van der Waals surface area contributed by atoms with Crippen molar-refractivity contribution in [1.82, 2.24) is 25.5 Å². The number of aliphatic carboxylic acids is 2. The van der Waals surface area contributed by atoms with Crippen molar-refractivity contribution in [3.8, 4) is 11.4 Å². The first kappa shape index (κ1) is 33.9. The molecule has 0 aliphatic carbocycles. The van der Waals surface area contributed by atoms with Crippen LogP contribution in [0, 0.1) is 0 Å². The van der Waals surface area contributed by atoms with Crippen molar-refractivity contribution in [2.45, 2.75) is 65.7 Å². The Hall–Kier alpha value is -4.64. The summed E-state index contributed by atoms with van der Waals surface area (Å²) in [5.41, 5.74) is 3.86. The van der Waals surface area contributed by atoms with E-state index in [9.17, 15) is 4.79 Å². The number of furan rings is 1. The van der Waals surface area contributed by atoms with Crippen LogP contribution in [0.2, 0.25) is 0 Å². The number of aryl methyl sites for hydroxylation is 1. The summed E-state index contributed by atoms with van der Waals surface area (Å²) in [7, 11) is 0. The number of nitrogens with one attached hydrogen (secondary N) is 1. The third-order valence-electron chi connectivity index (χ3n) is 7.03. The maximum atomic E-state index is 13.8. The van der Waals surface area contributed by atoms with E-state index in [1.807, 2.05) is 42.5 Å². The van der Waals surface area contributed by atoms with Crippen molar-refractivity contribution in [3.63, 3.8) is 0 Å². The van der Waals surface area contributed by atoms with E-state index in [-0.39, 0.29) is 5.78 Å². The number of carboxylic acid groups (broad SMARTS) is 2. The highest BCUT2D eigenvalue weighted by atomic mass is 16.4. The molecule has 44 heavy (non-hydrogen) atoms. The van der Waals surface area contributed by atoms with Crippen LogP contribution in [0.1, 0.15) is 86.5 Å². The van der Waals surface area contributed by atoms with Gasteiger partial charge in [-0.15, -0.1) is 10.2 Å². The zero-order valence-electron chi connectivity index (χ0n) is 25.6. The molecule has 2 aromatic carbocycles. The normalized spacial score (nSPS) is 11.2. The molecule has 0 saturated carbocycles. The predicted octanol–water partition coefficient (Wildman–Crippen LogP) is 6.26. The summed E-state index contributed by atoms with van der Waals surface area (Å²) in [6.45, 7) is 9.84. The number of benzene rings is 2. The van der Waals surface area contributed by atoms with E-state index in [1.54, 1.807) is 0 Å². The molecule has 0 bridgehead atoms. The van der Waals surface area contributed by atoms with Crippen molar-refractivity contribution < 1.29 is 29.0 Å². The van der Waals surface area contributed by atoms with Gasteiger partial charge in [0.25, 0.3) is 0 Å². The number of tetrazole rings is 1. The van der Waals surface area contributed by atoms with E-state index < -0.39 is 11.9 Å². The molecule has 0 radical (unpaired) electrons. The molecule has 0 spiro atoms. The minimum absolute atomic E-state index is 0.0269. The van der Waals surface area contributed by atoms with Crippen molar-refractivity contribution in [2.75, 3.05) is 19.6 Å². The minimum Gasteiger partial charge on any atom is -0.473 e. The van der Waals surface area contributed by atoms with Crippen LogP contribution in [0.5, 0.6) is 0 Å². The lowest BCUT2D eigenvalue weighted by atomic mass is 9.96. The molecule has 2 heterocycles. The molecule has 11 heteroatoms. The Bertz CT molecular complexity index is 1510. The topological polar surface area (TPSA) is 163 Å². The highest BCUT2D eigenvalue weighted by molar-refractivity contribution is 6.27. The van der Waals surface area contributed by atoms with Crippen LogP contribution in [0.25, 0.3) is 28.4 Å². The molecule has 0 atom stereocenters. The van der Waals surface area contributed by atoms with E-state index in [1.165, 1.54) is 25.7 Å². The third kappa shape index (κ3) is 9.70. The average molecular weight is 604 g/mol. The number of carbonyl (C=O) groups excluding carboxylic acids is 1. The monoisotopic (exact) mass is 603 g/mol. The van der Waals surface area contributed by atoms with Gasteiger partial charge in [0.2, 0.25) is 5.82 Å². The van der Waals surface area contributed by atoms with Crippen LogP contribution < -0.4 is 0 Å². The fourth-order valence-corrected chi connectivity index (χ4v) is 4.62. The Labute approximate surface area is 257 Å². The second kappa shape index (κ2) is 17.5. The van der Waals surface area contributed by atoms with E-state index in [4.69, 9.17) is 24.2 Å². The average Bonchev–Trinajstić information content (AvgIpc) is 3.69. The fourth-order valence-electron chi connectivity index (χ4n) is 4.62. The van der Waals surface area contributed by atoms with Gasteiger partial charge < -0.3 is 14.6 Å². The molecule has 3 N–H and O–H groups in total. The maximum absolute atomic E-state index is 13.8. The van der Waals surface area contributed by atoms with Gasteiger partial charge in [0.1, 0.15) is 11.3 Å². The number of H-pyrrole nitrogens is 1. The molecular formula is C33H41N5O6. The minimum atomic E-state index is -1.82. The standard InChI is InChI=1S/C31H39N5O2.C2H2O4/c1-4-7-12-28-29(26-22-25(17-18-27(26)38-28)31-32-34-35-33-31)30(37)24-15-13-23(14-16-24)11-10-21-36(19-8-5-2)20-9-6-3;3-1(4)2(5)6/h10-11,13-18,22H,4-9,12,19-21H2,1-3H3,(H,32,33,34,35);(H,3,4)(H,5,6)/b11-10-;. The zero-order valence-corrected chi connectivity index (χ0v) is 25.6. The number of carbonyl (C=O) groups is 3. The van der Waals surface area contributed by atoms with E-state index >= 15 is 0 Å². The molecule has 234 valence electrons. The summed E-state index contributed by atoms with van der Waals surface area (Å²) in [6.07, 6.45) is 12.0. The smallest absolute Gasteiger partial charge is 0.414 e. The lowest BCUT2D eigenvalue weighted by Crippen LogP contribution is -2.26. The van der Waals surface area contributed by atoms with Crippen LogP contribution in [0.4, 0.5) is 0 Å². The van der Waals surface area contributed by atoms with Gasteiger partial charge in [-0.05, 0) is 61.3 Å².